The van der Waals surface area contributed by atoms with Crippen LogP contribution >= 0.6 is 0 Å². The van der Waals surface area contributed by atoms with Crippen LogP contribution in [0.5, 0.6) is 0 Å². The van der Waals surface area contributed by atoms with Gasteiger partial charge in [0, 0.05) is 124 Å². The Kier molecular flexibility index (Phi) is 9.45. The van der Waals surface area contributed by atoms with Crippen molar-refractivity contribution >= 4 is 0 Å². The third kappa shape index (κ3) is 7.51. The average molecular weight is 778 g/mol. The molecule has 0 aliphatic heterocycles. The molecule has 0 aliphatic rings. The van der Waals surface area contributed by atoms with Gasteiger partial charge in [-0.15, -0.1) is 0 Å². The lowest BCUT2D eigenvalue weighted by Gasteiger charge is -2.14. The molecule has 7 aromatic heterocycles. The summed E-state index contributed by atoms with van der Waals surface area (Å²) in [5.41, 5.74) is 12.1. The molecule has 0 atom stereocenters. The summed E-state index contributed by atoms with van der Waals surface area (Å²) in [6.07, 6.45) is 30.2. The second kappa shape index (κ2) is 16.0. The summed E-state index contributed by atoms with van der Waals surface area (Å²) in [4.78, 5) is 67.2. The van der Waals surface area contributed by atoms with Crippen molar-refractivity contribution in [1.29, 1.82) is 0 Å². The van der Waals surface area contributed by atoms with Gasteiger partial charge in [-0.2, -0.15) is 0 Å². The number of benzene rings is 3. The lowest BCUT2D eigenvalue weighted by Crippen LogP contribution is -2.02. The van der Waals surface area contributed by atoms with E-state index in [0.717, 1.165) is 66.8 Å². The molecule has 0 bridgehead atoms. The molecule has 0 aliphatic carbocycles. The number of hydrogen-bond acceptors (Lipinski definition) is 15. The fourth-order valence-corrected chi connectivity index (χ4v) is 6.72. The number of rotatable bonds is 9. The largest absolute Gasteiger partial charge is 0.244 e. The first kappa shape index (κ1) is 35.6. The molecule has 0 radical (unpaired) electrons. The summed E-state index contributed by atoms with van der Waals surface area (Å²) in [6.45, 7) is 0. The van der Waals surface area contributed by atoms with Crippen LogP contribution in [0, 0.1) is 0 Å². The van der Waals surface area contributed by atoms with Crippen molar-refractivity contribution in [2.24, 2.45) is 0 Å². The highest BCUT2D eigenvalue weighted by Crippen LogP contribution is 2.37. The first-order valence-corrected chi connectivity index (χ1v) is 18.4. The Labute approximate surface area is 341 Å². The van der Waals surface area contributed by atoms with E-state index >= 15 is 0 Å². The van der Waals surface area contributed by atoms with Gasteiger partial charge in [-0.05, 0) is 88.0 Å². The number of nitrogens with zero attached hydrogens (tertiary/aromatic N) is 15. The van der Waals surface area contributed by atoms with Crippen molar-refractivity contribution < 1.29 is 0 Å². The molecule has 0 fully saturated rings. The Hall–Kier alpha value is -8.85. The van der Waals surface area contributed by atoms with Crippen LogP contribution in [-0.4, -0.2) is 74.8 Å². The van der Waals surface area contributed by atoms with Crippen molar-refractivity contribution in [2.45, 2.75) is 0 Å². The van der Waals surface area contributed by atoms with E-state index in [1.54, 1.807) is 74.4 Å². The Bertz CT molecular complexity index is 2550. The Morgan fingerprint density at radius 3 is 0.483 bits per heavy atom. The lowest BCUT2D eigenvalue weighted by atomic mass is 9.97. The molecule has 60 heavy (non-hydrogen) atoms. The zero-order valence-electron chi connectivity index (χ0n) is 31.3. The molecular weight excluding hydrogens is 751 g/mol. The van der Waals surface area contributed by atoms with Crippen molar-refractivity contribution in [3.8, 4) is 101 Å². The highest BCUT2D eigenvalue weighted by atomic mass is 15.0. The maximum Gasteiger partial charge on any atom is 0.164 e. The third-order valence-electron chi connectivity index (χ3n) is 9.57. The quantitative estimate of drug-likeness (QED) is 0.139. The predicted octanol–water partition coefficient (Wildman–Crippen LogP) is 7.61. The zero-order valence-corrected chi connectivity index (χ0v) is 31.3. The second-order valence-corrected chi connectivity index (χ2v) is 13.5. The van der Waals surface area contributed by atoms with Gasteiger partial charge in [-0.1, -0.05) is 0 Å². The Balaban J connectivity index is 1.24. The molecule has 0 N–H and O–H groups in total. The normalized spacial score (nSPS) is 11.0. The van der Waals surface area contributed by atoms with Crippen molar-refractivity contribution in [3.63, 3.8) is 0 Å². The van der Waals surface area contributed by atoms with Gasteiger partial charge in [-0.3, -0.25) is 0 Å². The van der Waals surface area contributed by atoms with Gasteiger partial charge in [0.15, 0.2) is 17.5 Å². The van der Waals surface area contributed by atoms with Gasteiger partial charge < -0.3 is 0 Å². The molecule has 282 valence electrons. The molecule has 15 nitrogen and oxygen atoms in total. The molecule has 15 heteroatoms. The smallest absolute Gasteiger partial charge is 0.164 e. The monoisotopic (exact) mass is 777 g/mol. The maximum absolute atomic E-state index is 5.21. The summed E-state index contributed by atoms with van der Waals surface area (Å²) in [5.74, 6) is 1.26. The summed E-state index contributed by atoms with van der Waals surface area (Å²) in [5, 5.41) is 0. The first-order chi connectivity index (χ1) is 29.7. The fraction of sp³-hybridized carbons (Fsp3) is 0. The second-order valence-electron chi connectivity index (χ2n) is 13.5. The van der Waals surface area contributed by atoms with E-state index in [-0.39, 0.29) is 0 Å². The minimum Gasteiger partial charge on any atom is -0.244 e. The van der Waals surface area contributed by atoms with Gasteiger partial charge in [0.25, 0.3) is 0 Å². The summed E-state index contributed by atoms with van der Waals surface area (Å²) >= 11 is 0. The van der Waals surface area contributed by atoms with Crippen LogP contribution in [0.3, 0.4) is 0 Å². The first-order valence-electron chi connectivity index (χ1n) is 18.4. The lowest BCUT2D eigenvalue weighted by molar-refractivity contribution is 1.07. The highest BCUT2D eigenvalue weighted by molar-refractivity contribution is 5.83. The molecular formula is C45H27N15. The number of aromatic nitrogens is 15. The van der Waals surface area contributed by atoms with E-state index in [4.69, 9.17) is 15.0 Å². The molecule has 0 amide bonds. The van der Waals surface area contributed by atoms with Gasteiger partial charge >= 0.3 is 0 Å². The van der Waals surface area contributed by atoms with Crippen molar-refractivity contribution in [1.82, 2.24) is 74.8 Å². The fourth-order valence-electron chi connectivity index (χ4n) is 6.72. The highest BCUT2D eigenvalue weighted by Gasteiger charge is 2.19. The van der Waals surface area contributed by atoms with Crippen LogP contribution in [0.15, 0.2) is 167 Å². The molecule has 10 aromatic rings. The van der Waals surface area contributed by atoms with E-state index in [1.807, 2.05) is 54.6 Å². The van der Waals surface area contributed by atoms with Crippen LogP contribution in [0.2, 0.25) is 0 Å². The van der Waals surface area contributed by atoms with Crippen molar-refractivity contribution in [3.05, 3.63) is 167 Å². The maximum atomic E-state index is 5.21. The van der Waals surface area contributed by atoms with Gasteiger partial charge in [0.1, 0.15) is 38.0 Å². The van der Waals surface area contributed by atoms with E-state index in [9.17, 15) is 0 Å². The van der Waals surface area contributed by atoms with Crippen LogP contribution in [-0.2, 0) is 0 Å². The van der Waals surface area contributed by atoms with Crippen LogP contribution in [0.25, 0.3) is 101 Å². The Morgan fingerprint density at radius 1 is 0.167 bits per heavy atom. The van der Waals surface area contributed by atoms with E-state index in [1.165, 1.54) is 38.0 Å². The molecule has 7 heterocycles. The zero-order chi connectivity index (χ0) is 40.1. The molecule has 0 saturated heterocycles. The molecule has 0 saturated carbocycles. The van der Waals surface area contributed by atoms with Gasteiger partial charge in [0.05, 0.1) is 0 Å². The molecule has 0 spiro atoms. The molecule has 0 unspecified atom stereocenters. The average Bonchev–Trinajstić information content (AvgIpc) is 3.35. The Morgan fingerprint density at radius 2 is 0.317 bits per heavy atom. The van der Waals surface area contributed by atoms with Gasteiger partial charge in [0.2, 0.25) is 0 Å². The predicted molar refractivity (Wildman–Crippen MR) is 222 cm³/mol. The molecule has 3 aromatic carbocycles. The van der Waals surface area contributed by atoms with Crippen LogP contribution in [0.1, 0.15) is 0 Å². The minimum atomic E-state index is 0.419. The standard InChI is InChI=1S/C45H27N15/c1-28(37-10-46-22-47-11-37)4-34(5-29(1)38-12-48-23-49-13-38)43-58-44(35-6-30(39-14-50-24-51-15-39)2-31(7-35)40-16-52-25-53-17-40)60-45(59-43)36-8-32(41-18-54-26-55-19-41)3-33(9-36)42-20-56-27-57-21-42/h1-27H. The summed E-state index contributed by atoms with van der Waals surface area (Å²) in [7, 11) is 0. The van der Waals surface area contributed by atoms with Crippen molar-refractivity contribution in [2.75, 3.05) is 0 Å². The summed E-state index contributed by atoms with van der Waals surface area (Å²) < 4.78 is 0. The van der Waals surface area contributed by atoms with Crippen LogP contribution < -0.4 is 0 Å². The van der Waals surface area contributed by atoms with E-state index in [0.29, 0.717) is 34.2 Å². The van der Waals surface area contributed by atoms with E-state index < -0.39 is 0 Å². The summed E-state index contributed by atoms with van der Waals surface area (Å²) in [6, 6.07) is 18.2. The number of hydrogen-bond donors (Lipinski definition) is 0. The topological polar surface area (TPSA) is 193 Å². The SMILES string of the molecule is c1ncc(-c2cc(-c3cncnc3)cc(-c3nc(-c4cc(-c5cncnc5)cc(-c5cncnc5)c4)nc(-c4cc(-c5cncnc5)cc(-c5cncnc5)c4)n3)c2)cn1. The van der Waals surface area contributed by atoms with E-state index in [2.05, 4.69) is 59.8 Å². The van der Waals surface area contributed by atoms with Crippen LogP contribution in [0.4, 0.5) is 0 Å². The molecule has 10 rings (SSSR count). The minimum absolute atomic E-state index is 0.419. The van der Waals surface area contributed by atoms with Gasteiger partial charge in [-0.25, -0.2) is 74.8 Å². The third-order valence-corrected chi connectivity index (χ3v) is 9.57.